The molecule has 0 spiro atoms. The highest BCUT2D eigenvalue weighted by Gasteiger charge is 2.28. The van der Waals surface area contributed by atoms with Gasteiger partial charge in [0.15, 0.2) is 5.82 Å². The number of nitrogens with zero attached hydrogens (tertiary/aromatic N) is 5. The standard InChI is InChI=1S/C26H27F3N6O/c1-15(17-5-4-6-18(23(17)27)24(28)29)31-21-7-10-30-25-20(21)13-19(26(36)34(25)3)16-8-12-35(14-16)22-9-11-33(2)32-22/h4-7,9-11,13,15-16,24H,8,12,14H2,1-3H3,(H,30,31)/t15-,16?/m1/s1. The first kappa shape index (κ1) is 23.9. The van der Waals surface area contributed by atoms with Gasteiger partial charge in [-0.25, -0.2) is 18.2 Å². The lowest BCUT2D eigenvalue weighted by atomic mass is 9.98. The van der Waals surface area contributed by atoms with Gasteiger partial charge in [0, 0.05) is 73.8 Å². The molecule has 1 saturated heterocycles. The summed E-state index contributed by atoms with van der Waals surface area (Å²) in [7, 11) is 3.56. The van der Waals surface area contributed by atoms with E-state index in [9.17, 15) is 18.0 Å². The van der Waals surface area contributed by atoms with E-state index in [1.807, 2.05) is 25.4 Å². The molecule has 1 aliphatic heterocycles. The molecule has 1 aliphatic rings. The highest BCUT2D eigenvalue weighted by Crippen LogP contribution is 2.33. The summed E-state index contributed by atoms with van der Waals surface area (Å²) in [6.45, 7) is 3.17. The number of hydrogen-bond acceptors (Lipinski definition) is 5. The number of benzene rings is 1. The number of rotatable bonds is 6. The smallest absolute Gasteiger partial charge is 0.266 e. The maximum absolute atomic E-state index is 14.8. The van der Waals surface area contributed by atoms with Gasteiger partial charge in [0.05, 0.1) is 11.6 Å². The maximum atomic E-state index is 14.8. The normalized spacial score (nSPS) is 16.8. The number of aromatic nitrogens is 4. The molecular weight excluding hydrogens is 469 g/mol. The monoisotopic (exact) mass is 496 g/mol. The van der Waals surface area contributed by atoms with E-state index in [2.05, 4.69) is 20.3 Å². The number of anilines is 2. The van der Waals surface area contributed by atoms with Crippen LogP contribution in [0, 0.1) is 5.82 Å². The van der Waals surface area contributed by atoms with Gasteiger partial charge in [-0.15, -0.1) is 0 Å². The van der Waals surface area contributed by atoms with E-state index < -0.39 is 23.8 Å². The minimum absolute atomic E-state index is 0.0146. The number of pyridine rings is 2. The molecule has 1 aromatic carbocycles. The molecule has 0 bridgehead atoms. The van der Waals surface area contributed by atoms with E-state index in [1.54, 1.807) is 30.9 Å². The molecule has 7 nitrogen and oxygen atoms in total. The zero-order valence-electron chi connectivity index (χ0n) is 20.3. The van der Waals surface area contributed by atoms with Crippen LogP contribution in [-0.4, -0.2) is 32.4 Å². The van der Waals surface area contributed by atoms with Gasteiger partial charge in [-0.2, -0.15) is 5.10 Å². The van der Waals surface area contributed by atoms with Crippen LogP contribution in [0.15, 0.2) is 53.6 Å². The molecule has 5 rings (SSSR count). The first-order valence-corrected chi connectivity index (χ1v) is 11.8. The number of alkyl halides is 2. The number of nitrogens with one attached hydrogen (secondary N) is 1. The lowest BCUT2D eigenvalue weighted by molar-refractivity contribution is 0.146. The van der Waals surface area contributed by atoms with Crippen molar-refractivity contribution in [3.63, 3.8) is 0 Å². The van der Waals surface area contributed by atoms with E-state index in [-0.39, 0.29) is 17.0 Å². The zero-order chi connectivity index (χ0) is 25.6. The van der Waals surface area contributed by atoms with Crippen LogP contribution in [0.1, 0.15) is 48.4 Å². The molecule has 1 fully saturated rings. The fraction of sp³-hybridized carbons (Fsp3) is 0.346. The van der Waals surface area contributed by atoms with Crippen LogP contribution in [0.3, 0.4) is 0 Å². The third-order valence-corrected chi connectivity index (χ3v) is 6.92. The lowest BCUT2D eigenvalue weighted by Crippen LogP contribution is -2.26. The summed E-state index contributed by atoms with van der Waals surface area (Å²) in [6, 6.07) is 8.98. The fourth-order valence-corrected chi connectivity index (χ4v) is 4.97. The molecule has 188 valence electrons. The summed E-state index contributed by atoms with van der Waals surface area (Å²) in [5.41, 5.74) is 1.23. The Morgan fingerprint density at radius 3 is 2.64 bits per heavy atom. The topological polar surface area (TPSA) is 68.0 Å². The van der Waals surface area contributed by atoms with Gasteiger partial charge in [0.25, 0.3) is 12.0 Å². The van der Waals surface area contributed by atoms with Gasteiger partial charge in [-0.05, 0) is 25.5 Å². The Bertz CT molecular complexity index is 1480. The minimum Gasteiger partial charge on any atom is -0.378 e. The summed E-state index contributed by atoms with van der Waals surface area (Å²) < 4.78 is 44.5. The third kappa shape index (κ3) is 4.20. The van der Waals surface area contributed by atoms with Crippen LogP contribution in [0.2, 0.25) is 0 Å². The van der Waals surface area contributed by atoms with Gasteiger partial charge in [0.1, 0.15) is 11.5 Å². The van der Waals surface area contributed by atoms with Gasteiger partial charge in [-0.3, -0.25) is 14.0 Å². The third-order valence-electron chi connectivity index (χ3n) is 6.92. The first-order valence-electron chi connectivity index (χ1n) is 11.8. The summed E-state index contributed by atoms with van der Waals surface area (Å²) in [4.78, 5) is 19.8. The first-order chi connectivity index (χ1) is 17.2. The highest BCUT2D eigenvalue weighted by molar-refractivity contribution is 5.89. The van der Waals surface area contributed by atoms with Crippen molar-refractivity contribution in [2.45, 2.75) is 31.7 Å². The molecule has 1 unspecified atom stereocenters. The second-order valence-corrected chi connectivity index (χ2v) is 9.26. The van der Waals surface area contributed by atoms with Gasteiger partial charge >= 0.3 is 0 Å². The molecule has 0 amide bonds. The molecule has 36 heavy (non-hydrogen) atoms. The van der Waals surface area contributed by atoms with E-state index >= 15 is 0 Å². The van der Waals surface area contributed by atoms with Gasteiger partial charge < -0.3 is 10.2 Å². The molecule has 0 radical (unpaired) electrons. The summed E-state index contributed by atoms with van der Waals surface area (Å²) in [5, 5.41) is 8.43. The van der Waals surface area contributed by atoms with Crippen LogP contribution in [0.5, 0.6) is 0 Å². The summed E-state index contributed by atoms with van der Waals surface area (Å²) >= 11 is 0. The van der Waals surface area contributed by atoms with Crippen molar-refractivity contribution in [3.05, 3.63) is 81.7 Å². The summed E-state index contributed by atoms with van der Waals surface area (Å²) in [5.74, 6) is -0.0243. The fourth-order valence-electron chi connectivity index (χ4n) is 4.97. The Balaban J connectivity index is 1.49. The predicted octanol–water partition coefficient (Wildman–Crippen LogP) is 4.91. The highest BCUT2D eigenvalue weighted by atomic mass is 19.3. The Hall–Kier alpha value is -3.82. The zero-order valence-corrected chi connectivity index (χ0v) is 20.3. The molecule has 0 aliphatic carbocycles. The van der Waals surface area contributed by atoms with Crippen molar-refractivity contribution in [1.29, 1.82) is 0 Å². The van der Waals surface area contributed by atoms with Crippen LogP contribution in [0.25, 0.3) is 11.0 Å². The molecule has 0 saturated carbocycles. The Kier molecular flexibility index (Phi) is 6.19. The summed E-state index contributed by atoms with van der Waals surface area (Å²) in [6.07, 6.45) is 1.37. The van der Waals surface area contributed by atoms with Crippen molar-refractivity contribution in [3.8, 4) is 0 Å². The molecular formula is C26H27F3N6O. The average Bonchev–Trinajstić information content (AvgIpc) is 3.51. The SMILES string of the molecule is C[C@@H](Nc1ccnc2c1cc(C1CCN(c3ccn(C)n3)C1)c(=O)n2C)c1cccc(C(F)F)c1F. The number of halogens is 3. The van der Waals surface area contributed by atoms with Crippen molar-refractivity contribution in [1.82, 2.24) is 19.3 Å². The van der Waals surface area contributed by atoms with Crippen molar-refractivity contribution in [2.75, 3.05) is 23.3 Å². The number of hydrogen-bond donors (Lipinski definition) is 1. The van der Waals surface area contributed by atoms with Crippen molar-refractivity contribution >= 4 is 22.5 Å². The molecule has 4 aromatic rings. The van der Waals surface area contributed by atoms with Gasteiger partial charge in [-0.1, -0.05) is 18.2 Å². The largest absolute Gasteiger partial charge is 0.378 e. The van der Waals surface area contributed by atoms with Crippen LogP contribution < -0.4 is 15.8 Å². The minimum atomic E-state index is -2.90. The van der Waals surface area contributed by atoms with Crippen LogP contribution in [-0.2, 0) is 14.1 Å². The number of fused-ring (bicyclic) bond motifs is 1. The van der Waals surface area contributed by atoms with Gasteiger partial charge in [0.2, 0.25) is 0 Å². The second-order valence-electron chi connectivity index (χ2n) is 9.26. The number of aryl methyl sites for hydroxylation is 2. The second kappa shape index (κ2) is 9.33. The Morgan fingerprint density at radius 2 is 1.92 bits per heavy atom. The Labute approximate surface area is 206 Å². The molecule has 4 heterocycles. The van der Waals surface area contributed by atoms with Crippen LogP contribution >= 0.6 is 0 Å². The maximum Gasteiger partial charge on any atom is 0.266 e. The van der Waals surface area contributed by atoms with E-state index in [4.69, 9.17) is 0 Å². The van der Waals surface area contributed by atoms with E-state index in [1.165, 1.54) is 16.7 Å². The van der Waals surface area contributed by atoms with Crippen LogP contribution in [0.4, 0.5) is 24.7 Å². The van der Waals surface area contributed by atoms with E-state index in [0.29, 0.717) is 28.8 Å². The molecule has 2 atom stereocenters. The molecule has 10 heteroatoms. The molecule has 3 aromatic heterocycles. The quantitative estimate of drug-likeness (QED) is 0.411. The van der Waals surface area contributed by atoms with Crippen molar-refractivity contribution < 1.29 is 13.2 Å². The average molecular weight is 497 g/mol. The molecule has 1 N–H and O–H groups in total. The van der Waals surface area contributed by atoms with Crippen molar-refractivity contribution in [2.24, 2.45) is 14.1 Å². The lowest BCUT2D eigenvalue weighted by Gasteiger charge is -2.20. The Morgan fingerprint density at radius 1 is 1.14 bits per heavy atom. The predicted molar refractivity (Wildman–Crippen MR) is 133 cm³/mol. The van der Waals surface area contributed by atoms with E-state index in [0.717, 1.165) is 24.8 Å².